The summed E-state index contributed by atoms with van der Waals surface area (Å²) >= 11 is 6.28. The van der Waals surface area contributed by atoms with E-state index >= 15 is 0 Å². The normalized spacial score (nSPS) is 30.7. The Balaban J connectivity index is 1.61. The van der Waals surface area contributed by atoms with Crippen LogP contribution in [-0.2, 0) is 9.59 Å². The second-order valence-corrected chi connectivity index (χ2v) is 9.53. The van der Waals surface area contributed by atoms with Gasteiger partial charge in [0.2, 0.25) is 5.91 Å². The minimum Gasteiger partial charge on any atom is -0.352 e. The maximum atomic E-state index is 13.7. The maximum Gasteiger partial charge on any atom is 0.251 e. The molecule has 2 aliphatic heterocycles. The Kier molecular flexibility index (Phi) is 5.69. The number of amides is 2. The third kappa shape index (κ3) is 3.81. The van der Waals surface area contributed by atoms with Gasteiger partial charge in [-0.2, -0.15) is 0 Å². The fourth-order valence-corrected chi connectivity index (χ4v) is 5.27. The lowest BCUT2D eigenvalue weighted by atomic mass is 9.84. The van der Waals surface area contributed by atoms with Gasteiger partial charge < -0.3 is 14.7 Å². The molecule has 3 fully saturated rings. The predicted molar refractivity (Wildman–Crippen MR) is 112 cm³/mol. The smallest absolute Gasteiger partial charge is 0.251 e. The molecule has 1 aromatic heterocycles. The molecule has 1 saturated carbocycles. The zero-order valence-corrected chi connectivity index (χ0v) is 18.0. The number of hydrogen-bond donors (Lipinski definition) is 0. The average Bonchev–Trinajstić information content (AvgIpc) is 3.16. The lowest BCUT2D eigenvalue weighted by Gasteiger charge is -2.49. The molecule has 1 aromatic rings. The summed E-state index contributed by atoms with van der Waals surface area (Å²) in [6, 6.07) is 0.00253. The summed E-state index contributed by atoms with van der Waals surface area (Å²) in [6.07, 6.45) is 9.66. The number of nitrogens with zero attached hydrogens (tertiary/aromatic N) is 5. The Morgan fingerprint density at radius 3 is 2.62 bits per heavy atom. The van der Waals surface area contributed by atoms with Gasteiger partial charge in [0.25, 0.3) is 5.91 Å². The Morgan fingerprint density at radius 1 is 1.21 bits per heavy atom. The number of anilines is 1. The molecule has 7 nitrogen and oxygen atoms in total. The van der Waals surface area contributed by atoms with Crippen molar-refractivity contribution < 1.29 is 9.59 Å². The van der Waals surface area contributed by atoms with E-state index in [1.807, 2.05) is 18.7 Å². The highest BCUT2D eigenvalue weighted by Crippen LogP contribution is 2.38. The highest BCUT2D eigenvalue weighted by Gasteiger charge is 2.56. The Morgan fingerprint density at radius 2 is 1.97 bits per heavy atom. The number of rotatable bonds is 4. The molecule has 2 amide bonds. The van der Waals surface area contributed by atoms with Gasteiger partial charge in [-0.1, -0.05) is 0 Å². The first kappa shape index (κ1) is 20.4. The van der Waals surface area contributed by atoms with Crippen LogP contribution in [0.3, 0.4) is 0 Å². The van der Waals surface area contributed by atoms with Crippen LogP contribution in [0, 0.1) is 5.92 Å². The second kappa shape index (κ2) is 8.09. The second-order valence-electron chi connectivity index (χ2n) is 8.92. The van der Waals surface area contributed by atoms with Gasteiger partial charge in [0.1, 0.15) is 17.9 Å². The molecule has 1 spiro atoms. The monoisotopic (exact) mass is 419 g/mol. The summed E-state index contributed by atoms with van der Waals surface area (Å²) in [5.74, 6) is 1.31. The van der Waals surface area contributed by atoms with Crippen molar-refractivity contribution in [2.24, 2.45) is 5.92 Å². The fraction of sp³-hybridized carbons (Fsp3) is 0.714. The van der Waals surface area contributed by atoms with Crippen LogP contribution in [-0.4, -0.2) is 74.7 Å². The molecule has 8 heteroatoms. The quantitative estimate of drug-likeness (QED) is 0.700. The molecular weight excluding hydrogens is 390 g/mol. The number of alkyl halides is 1. The lowest BCUT2D eigenvalue weighted by molar-refractivity contribution is -0.166. The highest BCUT2D eigenvalue weighted by atomic mass is 35.5. The van der Waals surface area contributed by atoms with Crippen molar-refractivity contribution in [3.05, 3.63) is 18.6 Å². The molecule has 3 aliphatic rings. The molecule has 1 aliphatic carbocycles. The van der Waals surface area contributed by atoms with E-state index in [0.29, 0.717) is 32.0 Å². The number of carbonyl (C=O) groups excluding carboxylic acids is 2. The maximum absolute atomic E-state index is 13.7. The summed E-state index contributed by atoms with van der Waals surface area (Å²) in [5, 5.41) is 0.244. The van der Waals surface area contributed by atoms with Gasteiger partial charge in [0.05, 0.1) is 12.7 Å². The van der Waals surface area contributed by atoms with Crippen LogP contribution in [0.2, 0.25) is 0 Å². The first-order chi connectivity index (χ1) is 13.9. The molecule has 1 unspecified atom stereocenters. The van der Waals surface area contributed by atoms with Gasteiger partial charge in [-0.15, -0.1) is 11.6 Å². The number of carbonyl (C=O) groups is 2. The molecule has 1 atom stereocenters. The van der Waals surface area contributed by atoms with E-state index < -0.39 is 5.54 Å². The zero-order valence-electron chi connectivity index (χ0n) is 17.3. The first-order valence-corrected chi connectivity index (χ1v) is 11.1. The average molecular weight is 420 g/mol. The van der Waals surface area contributed by atoms with Crippen molar-refractivity contribution in [1.29, 1.82) is 0 Å². The van der Waals surface area contributed by atoms with E-state index in [1.165, 1.54) is 0 Å². The topological polar surface area (TPSA) is 69.6 Å². The highest BCUT2D eigenvalue weighted by molar-refractivity contribution is 6.20. The molecule has 29 heavy (non-hydrogen) atoms. The van der Waals surface area contributed by atoms with Crippen molar-refractivity contribution in [1.82, 2.24) is 19.8 Å². The third-order valence-electron chi connectivity index (χ3n) is 6.74. The van der Waals surface area contributed by atoms with Crippen LogP contribution >= 0.6 is 11.6 Å². The van der Waals surface area contributed by atoms with Gasteiger partial charge in [-0.05, 0) is 51.9 Å². The summed E-state index contributed by atoms with van der Waals surface area (Å²) in [7, 11) is 0. The van der Waals surface area contributed by atoms with E-state index in [9.17, 15) is 9.59 Å². The number of piperazine rings is 1. The molecule has 4 rings (SSSR count). The molecule has 0 N–H and O–H groups in total. The summed E-state index contributed by atoms with van der Waals surface area (Å²) in [5.41, 5.74) is -0.811. The summed E-state index contributed by atoms with van der Waals surface area (Å²) in [4.78, 5) is 41.2. The predicted octanol–water partition coefficient (Wildman–Crippen LogP) is 2.30. The third-order valence-corrected chi connectivity index (χ3v) is 7.18. The van der Waals surface area contributed by atoms with Gasteiger partial charge >= 0.3 is 0 Å². The molecular formula is C21H30ClN5O2. The van der Waals surface area contributed by atoms with E-state index in [2.05, 4.69) is 14.9 Å². The van der Waals surface area contributed by atoms with Crippen LogP contribution in [0.15, 0.2) is 18.6 Å². The van der Waals surface area contributed by atoms with Gasteiger partial charge in [-0.3, -0.25) is 14.6 Å². The molecule has 3 heterocycles. The summed E-state index contributed by atoms with van der Waals surface area (Å²) in [6.45, 7) is 5.94. The SMILES string of the molecule is CC(C)N1CC(=O)N(CC2CCC(Cl)CC2)C2(CCN(c3cnccn3)C2)C1=O. The van der Waals surface area contributed by atoms with Crippen LogP contribution in [0.5, 0.6) is 0 Å². The van der Waals surface area contributed by atoms with E-state index in [4.69, 9.17) is 11.6 Å². The van der Waals surface area contributed by atoms with E-state index in [-0.39, 0.29) is 29.8 Å². The lowest BCUT2D eigenvalue weighted by Crippen LogP contribution is -2.70. The van der Waals surface area contributed by atoms with E-state index in [1.54, 1.807) is 23.5 Å². The minimum absolute atomic E-state index is 0.00253. The molecule has 0 radical (unpaired) electrons. The van der Waals surface area contributed by atoms with Crippen molar-refractivity contribution in [3.63, 3.8) is 0 Å². The zero-order chi connectivity index (χ0) is 20.6. The molecule has 158 valence electrons. The van der Waals surface area contributed by atoms with Crippen LogP contribution in [0.1, 0.15) is 46.0 Å². The Hall–Kier alpha value is -1.89. The van der Waals surface area contributed by atoms with Crippen molar-refractivity contribution in [2.75, 3.05) is 31.1 Å². The van der Waals surface area contributed by atoms with Crippen molar-refractivity contribution in [2.45, 2.75) is 62.9 Å². The standard InChI is InChI=1S/C21H30ClN5O2/c1-15(2)26-13-19(28)27(12-16-3-5-17(22)6-4-16)21(20(26)29)7-10-25(14-21)18-11-23-8-9-24-18/h8-9,11,15-17H,3-7,10,12-14H2,1-2H3. The Bertz CT molecular complexity index is 753. The number of hydrogen-bond acceptors (Lipinski definition) is 5. The van der Waals surface area contributed by atoms with Crippen molar-refractivity contribution in [3.8, 4) is 0 Å². The molecule has 0 aromatic carbocycles. The number of halogens is 1. The van der Waals surface area contributed by atoms with E-state index in [0.717, 1.165) is 31.5 Å². The van der Waals surface area contributed by atoms with Crippen LogP contribution < -0.4 is 4.90 Å². The van der Waals surface area contributed by atoms with Gasteiger partial charge in [0, 0.05) is 36.9 Å². The minimum atomic E-state index is -0.811. The number of aromatic nitrogens is 2. The Labute approximate surface area is 177 Å². The summed E-state index contributed by atoms with van der Waals surface area (Å²) < 4.78 is 0. The fourth-order valence-electron chi connectivity index (χ4n) is 5.02. The molecule has 2 saturated heterocycles. The largest absolute Gasteiger partial charge is 0.352 e. The first-order valence-electron chi connectivity index (χ1n) is 10.7. The van der Waals surface area contributed by atoms with Gasteiger partial charge in [-0.25, -0.2) is 4.98 Å². The van der Waals surface area contributed by atoms with Crippen molar-refractivity contribution >= 4 is 29.2 Å². The van der Waals surface area contributed by atoms with Crippen LogP contribution in [0.4, 0.5) is 5.82 Å². The van der Waals surface area contributed by atoms with Crippen LogP contribution in [0.25, 0.3) is 0 Å². The molecule has 0 bridgehead atoms. The van der Waals surface area contributed by atoms with Gasteiger partial charge in [0.15, 0.2) is 0 Å².